The number of hydrogen-bond acceptors (Lipinski definition) is 3. The number of aromatic nitrogens is 1. The summed E-state index contributed by atoms with van der Waals surface area (Å²) in [6.07, 6.45) is 8.28. The monoisotopic (exact) mass is 312 g/mol. The van der Waals surface area contributed by atoms with Crippen molar-refractivity contribution in [2.45, 2.75) is 32.7 Å². The third-order valence-electron chi connectivity index (χ3n) is 4.04. The minimum Gasteiger partial charge on any atom is -0.628 e. The van der Waals surface area contributed by atoms with Crippen molar-refractivity contribution in [3.8, 4) is 11.3 Å². The molecule has 2 heterocycles. The maximum absolute atomic E-state index is 12.5. The zero-order valence-electron chi connectivity index (χ0n) is 13.1. The van der Waals surface area contributed by atoms with Crippen LogP contribution in [0.25, 0.3) is 11.3 Å². The van der Waals surface area contributed by atoms with E-state index in [9.17, 15) is 5.21 Å². The third kappa shape index (κ3) is 2.54. The number of nitrogens with one attached hydrogen (secondary N) is 1. The Balaban J connectivity index is 2.18. The smallest absolute Gasteiger partial charge is 0.155 e. The molecule has 0 amide bonds. The highest BCUT2D eigenvalue weighted by Crippen LogP contribution is 2.36. The molecule has 0 fully saturated rings. The zero-order valence-corrected chi connectivity index (χ0v) is 13.9. The van der Waals surface area contributed by atoms with Crippen molar-refractivity contribution in [3.63, 3.8) is 0 Å². The molecule has 0 saturated carbocycles. The quantitative estimate of drug-likeness (QED) is 0.883. The molecule has 1 aliphatic heterocycles. The van der Waals surface area contributed by atoms with Crippen molar-refractivity contribution in [3.05, 3.63) is 69.3 Å². The molecule has 1 aromatic heterocycles. The molecule has 0 saturated heterocycles. The molecule has 4 heteroatoms. The first-order chi connectivity index (χ1) is 10.5. The number of thiazole rings is 1. The maximum atomic E-state index is 12.5. The second-order valence-corrected chi connectivity index (χ2v) is 6.88. The van der Waals surface area contributed by atoms with Gasteiger partial charge in [0.1, 0.15) is 0 Å². The number of hydroxylamine groups is 2. The molecule has 22 heavy (non-hydrogen) atoms. The van der Waals surface area contributed by atoms with Gasteiger partial charge < -0.3 is 10.3 Å². The van der Waals surface area contributed by atoms with Crippen molar-refractivity contribution < 1.29 is 5.06 Å². The molecule has 2 aromatic rings. The molecule has 114 valence electrons. The van der Waals surface area contributed by atoms with Crippen molar-refractivity contribution in [1.82, 2.24) is 4.98 Å². The SMILES string of the molecule is CCc1nc(-c2cccc(C)c2)c(C2(C)C=CC=C[NH+]2[O-])s1. The van der Waals surface area contributed by atoms with Crippen LogP contribution in [0.3, 0.4) is 0 Å². The van der Waals surface area contributed by atoms with Gasteiger partial charge in [0.25, 0.3) is 0 Å². The Labute approximate surface area is 135 Å². The second-order valence-electron chi connectivity index (χ2n) is 5.79. The van der Waals surface area contributed by atoms with Gasteiger partial charge >= 0.3 is 0 Å². The minimum absolute atomic E-state index is 0.121. The number of nitrogens with zero attached hydrogens (tertiary/aromatic N) is 1. The van der Waals surface area contributed by atoms with Crippen molar-refractivity contribution in [2.75, 3.05) is 0 Å². The summed E-state index contributed by atoms with van der Waals surface area (Å²) in [5.74, 6) is 0. The van der Waals surface area contributed by atoms with Gasteiger partial charge in [0.2, 0.25) is 0 Å². The van der Waals surface area contributed by atoms with E-state index in [1.54, 1.807) is 23.6 Å². The van der Waals surface area contributed by atoms with Gasteiger partial charge in [0.15, 0.2) is 5.54 Å². The first kappa shape index (κ1) is 15.2. The Morgan fingerprint density at radius 1 is 1.32 bits per heavy atom. The summed E-state index contributed by atoms with van der Waals surface area (Å²) in [5, 5.41) is 13.7. The Morgan fingerprint density at radius 3 is 2.82 bits per heavy atom. The van der Waals surface area contributed by atoms with E-state index in [1.807, 2.05) is 25.1 Å². The van der Waals surface area contributed by atoms with Crippen LogP contribution in [0.1, 0.15) is 29.3 Å². The van der Waals surface area contributed by atoms with E-state index in [0.717, 1.165) is 27.6 Å². The topological polar surface area (TPSA) is 40.4 Å². The normalized spacial score (nSPS) is 23.9. The van der Waals surface area contributed by atoms with Crippen molar-refractivity contribution >= 4 is 11.3 Å². The molecule has 3 nitrogen and oxygen atoms in total. The highest BCUT2D eigenvalue weighted by molar-refractivity contribution is 7.12. The molecule has 1 aliphatic rings. The van der Waals surface area contributed by atoms with Crippen LogP contribution >= 0.6 is 11.3 Å². The Kier molecular flexibility index (Phi) is 4.00. The van der Waals surface area contributed by atoms with Crippen LogP contribution in [0.4, 0.5) is 0 Å². The van der Waals surface area contributed by atoms with Crippen LogP contribution in [0.2, 0.25) is 0 Å². The van der Waals surface area contributed by atoms with Crippen LogP contribution in [0.15, 0.2) is 48.7 Å². The summed E-state index contributed by atoms with van der Waals surface area (Å²) < 4.78 is 0. The Hall–Kier alpha value is -1.75. The zero-order chi connectivity index (χ0) is 15.7. The second kappa shape index (κ2) is 5.80. The first-order valence-corrected chi connectivity index (χ1v) is 8.34. The molecule has 1 aromatic carbocycles. The number of allylic oxidation sites excluding steroid dienone is 2. The molecule has 0 aliphatic carbocycles. The number of rotatable bonds is 3. The average molecular weight is 312 g/mol. The summed E-state index contributed by atoms with van der Waals surface area (Å²) in [7, 11) is 0. The van der Waals surface area contributed by atoms with Crippen LogP contribution in [-0.4, -0.2) is 4.98 Å². The van der Waals surface area contributed by atoms with Gasteiger partial charge in [0.05, 0.1) is 21.8 Å². The van der Waals surface area contributed by atoms with E-state index < -0.39 is 5.54 Å². The molecule has 2 atom stereocenters. The summed E-state index contributed by atoms with van der Waals surface area (Å²) in [4.78, 5) is 5.85. The minimum atomic E-state index is -0.612. The lowest BCUT2D eigenvalue weighted by Crippen LogP contribution is -3.10. The predicted octanol–water partition coefficient (Wildman–Crippen LogP) is 3.36. The van der Waals surface area contributed by atoms with Gasteiger partial charge in [-0.25, -0.2) is 4.98 Å². The van der Waals surface area contributed by atoms with Gasteiger partial charge in [-0.05, 0) is 31.6 Å². The van der Waals surface area contributed by atoms with E-state index in [0.29, 0.717) is 0 Å². The molecule has 0 radical (unpaired) electrons. The summed E-state index contributed by atoms with van der Waals surface area (Å²) >= 11 is 1.65. The standard InChI is InChI=1S/C18H20N2OS/c1-4-15-19-16(14-9-7-8-13(2)12-14)17(22-15)18(3)10-5-6-11-20(18)21/h5-12,20H,4H2,1-3H3. The van der Waals surface area contributed by atoms with Gasteiger partial charge in [0, 0.05) is 12.5 Å². The van der Waals surface area contributed by atoms with Crippen molar-refractivity contribution in [2.24, 2.45) is 0 Å². The highest BCUT2D eigenvalue weighted by atomic mass is 32.1. The van der Waals surface area contributed by atoms with E-state index in [-0.39, 0.29) is 5.06 Å². The van der Waals surface area contributed by atoms with Gasteiger partial charge in [-0.1, -0.05) is 36.8 Å². The summed E-state index contributed by atoms with van der Waals surface area (Å²) in [6, 6.07) is 8.32. The molecular weight excluding hydrogens is 292 g/mol. The van der Waals surface area contributed by atoms with Crippen LogP contribution in [0.5, 0.6) is 0 Å². The number of benzene rings is 1. The summed E-state index contributed by atoms with van der Waals surface area (Å²) in [5.41, 5.74) is 2.62. The first-order valence-electron chi connectivity index (χ1n) is 7.52. The number of quaternary nitrogens is 1. The van der Waals surface area contributed by atoms with E-state index in [2.05, 4.69) is 32.0 Å². The Bertz CT molecular complexity index is 747. The van der Waals surface area contributed by atoms with Crippen molar-refractivity contribution in [1.29, 1.82) is 0 Å². The molecular formula is C18H20N2OS. The number of aryl methyl sites for hydroxylation is 2. The van der Waals surface area contributed by atoms with Crippen LogP contribution in [-0.2, 0) is 12.0 Å². The number of hydrogen-bond donors (Lipinski definition) is 1. The lowest BCUT2D eigenvalue weighted by molar-refractivity contribution is -0.851. The molecule has 0 bridgehead atoms. The lowest BCUT2D eigenvalue weighted by atomic mass is 9.93. The molecule has 0 spiro atoms. The van der Waals surface area contributed by atoms with Gasteiger partial charge in [-0.2, -0.15) is 0 Å². The highest BCUT2D eigenvalue weighted by Gasteiger charge is 2.36. The molecule has 1 N–H and O–H groups in total. The lowest BCUT2D eigenvalue weighted by Gasteiger charge is -2.37. The fourth-order valence-corrected chi connectivity index (χ4v) is 3.85. The van der Waals surface area contributed by atoms with Gasteiger partial charge in [-0.3, -0.25) is 0 Å². The summed E-state index contributed by atoms with van der Waals surface area (Å²) in [6.45, 7) is 6.16. The maximum Gasteiger partial charge on any atom is 0.155 e. The van der Waals surface area contributed by atoms with Gasteiger partial charge in [-0.15, -0.1) is 11.3 Å². The van der Waals surface area contributed by atoms with E-state index in [4.69, 9.17) is 4.98 Å². The van der Waals surface area contributed by atoms with E-state index in [1.165, 1.54) is 5.56 Å². The largest absolute Gasteiger partial charge is 0.628 e. The fourth-order valence-electron chi connectivity index (χ4n) is 2.69. The molecule has 2 unspecified atom stereocenters. The predicted molar refractivity (Wildman–Crippen MR) is 91.6 cm³/mol. The van der Waals surface area contributed by atoms with Crippen LogP contribution in [0, 0.1) is 12.1 Å². The van der Waals surface area contributed by atoms with E-state index >= 15 is 0 Å². The average Bonchev–Trinajstić information content (AvgIpc) is 2.95. The third-order valence-corrected chi connectivity index (χ3v) is 5.47. The Morgan fingerprint density at radius 2 is 2.14 bits per heavy atom. The van der Waals surface area contributed by atoms with Crippen LogP contribution < -0.4 is 5.06 Å². The fraction of sp³-hybridized carbons (Fsp3) is 0.278. The molecule has 3 rings (SSSR count).